The van der Waals surface area contributed by atoms with Crippen LogP contribution in [0.5, 0.6) is 0 Å². The number of fused-ring (bicyclic) bond motifs is 2. The minimum atomic E-state index is -0.938. The van der Waals surface area contributed by atoms with Crippen molar-refractivity contribution in [3.63, 3.8) is 0 Å². The quantitative estimate of drug-likeness (QED) is 0.223. The molecule has 4 aromatic carbocycles. The highest BCUT2D eigenvalue weighted by atomic mass is 35.5. The minimum absolute atomic E-state index is 0.257. The molecule has 6 aromatic rings. The van der Waals surface area contributed by atoms with Gasteiger partial charge in [0.1, 0.15) is 5.82 Å². The molecule has 1 saturated carbocycles. The Hall–Kier alpha value is -4.48. The third-order valence-corrected chi connectivity index (χ3v) is 8.76. The molecule has 6 heteroatoms. The van der Waals surface area contributed by atoms with Crippen molar-refractivity contribution >= 4 is 39.5 Å². The number of imidazole rings is 1. The number of aryl methyl sites for hydroxylation is 1. The first-order valence-corrected chi connectivity index (χ1v) is 14.9. The number of carboxylic acid groups (broad SMARTS) is 1. The van der Waals surface area contributed by atoms with Gasteiger partial charge in [-0.2, -0.15) is 0 Å². The Bertz CT molecular complexity index is 1970. The predicted octanol–water partition coefficient (Wildman–Crippen LogP) is 9.75. The summed E-state index contributed by atoms with van der Waals surface area (Å²) in [6, 6.07) is 30.4. The number of hydrogen-bond donors (Lipinski definition) is 1. The number of rotatable bonds is 5. The summed E-state index contributed by atoms with van der Waals surface area (Å²) in [6.07, 6.45) is 5.84. The van der Waals surface area contributed by atoms with Crippen molar-refractivity contribution in [2.75, 3.05) is 0 Å². The third kappa shape index (κ3) is 4.74. The lowest BCUT2D eigenvalue weighted by Gasteiger charge is -2.25. The van der Waals surface area contributed by atoms with Gasteiger partial charge in [0.2, 0.25) is 0 Å². The highest BCUT2D eigenvalue weighted by molar-refractivity contribution is 6.30. The molecule has 0 spiro atoms. The fourth-order valence-electron chi connectivity index (χ4n) is 6.40. The second kappa shape index (κ2) is 10.7. The Kier molecular flexibility index (Phi) is 6.75. The standard InChI is InChI=1S/C36H30ClN3O2/c1-22-19-32(29-10-6-5-9-28(29)23-11-15-26(37)16-12-23)38-31-17-13-24(20-30(22)31)35-39-33-21-25(36(41)42)14-18-34(33)40(35)27-7-3-2-4-8-27/h5-6,9-21,27H,2-4,7-8H2,1H3,(H,41,42). The van der Waals surface area contributed by atoms with Gasteiger partial charge in [-0.3, -0.25) is 0 Å². The van der Waals surface area contributed by atoms with E-state index in [9.17, 15) is 9.90 Å². The van der Waals surface area contributed by atoms with Gasteiger partial charge in [0.05, 0.1) is 27.8 Å². The van der Waals surface area contributed by atoms with Crippen molar-refractivity contribution in [1.82, 2.24) is 14.5 Å². The van der Waals surface area contributed by atoms with E-state index in [1.54, 1.807) is 12.1 Å². The number of pyridine rings is 1. The molecule has 2 heterocycles. The fourth-order valence-corrected chi connectivity index (χ4v) is 6.53. The van der Waals surface area contributed by atoms with Gasteiger partial charge in [-0.15, -0.1) is 0 Å². The van der Waals surface area contributed by atoms with E-state index in [0.29, 0.717) is 11.1 Å². The number of hydrogen-bond acceptors (Lipinski definition) is 3. The topological polar surface area (TPSA) is 68.0 Å². The summed E-state index contributed by atoms with van der Waals surface area (Å²) in [4.78, 5) is 21.8. The van der Waals surface area contributed by atoms with Crippen LogP contribution in [-0.4, -0.2) is 25.6 Å². The zero-order valence-electron chi connectivity index (χ0n) is 23.3. The molecule has 0 bridgehead atoms. The van der Waals surface area contributed by atoms with Gasteiger partial charge in [0.15, 0.2) is 0 Å². The van der Waals surface area contributed by atoms with Gasteiger partial charge in [0.25, 0.3) is 0 Å². The maximum atomic E-state index is 11.7. The summed E-state index contributed by atoms with van der Waals surface area (Å²) in [7, 11) is 0. The molecule has 2 aromatic heterocycles. The van der Waals surface area contributed by atoms with E-state index in [1.807, 2.05) is 42.5 Å². The van der Waals surface area contributed by atoms with E-state index >= 15 is 0 Å². The van der Waals surface area contributed by atoms with E-state index in [0.717, 1.165) is 74.1 Å². The van der Waals surface area contributed by atoms with Gasteiger partial charge >= 0.3 is 5.97 Å². The van der Waals surface area contributed by atoms with Gasteiger partial charge in [-0.25, -0.2) is 14.8 Å². The first-order chi connectivity index (χ1) is 20.5. The summed E-state index contributed by atoms with van der Waals surface area (Å²) < 4.78 is 2.35. The summed E-state index contributed by atoms with van der Waals surface area (Å²) in [5, 5.41) is 11.4. The summed E-state index contributed by atoms with van der Waals surface area (Å²) in [6.45, 7) is 2.13. The molecule has 0 atom stereocenters. The van der Waals surface area contributed by atoms with E-state index in [1.165, 1.54) is 19.3 Å². The fraction of sp³-hybridized carbons (Fsp3) is 0.194. The zero-order valence-corrected chi connectivity index (χ0v) is 24.1. The predicted molar refractivity (Wildman–Crippen MR) is 170 cm³/mol. The Labute approximate surface area is 249 Å². The van der Waals surface area contributed by atoms with E-state index in [4.69, 9.17) is 21.6 Å². The van der Waals surface area contributed by atoms with Crippen LogP contribution in [0.2, 0.25) is 5.02 Å². The van der Waals surface area contributed by atoms with Crippen LogP contribution in [0.15, 0.2) is 91.0 Å². The Morgan fingerprint density at radius 2 is 1.55 bits per heavy atom. The average molecular weight is 572 g/mol. The van der Waals surface area contributed by atoms with E-state index in [-0.39, 0.29) is 5.56 Å². The highest BCUT2D eigenvalue weighted by Gasteiger charge is 2.23. The maximum Gasteiger partial charge on any atom is 0.335 e. The van der Waals surface area contributed by atoms with Crippen LogP contribution in [0.4, 0.5) is 0 Å². The van der Waals surface area contributed by atoms with Gasteiger partial charge < -0.3 is 9.67 Å². The summed E-state index contributed by atoms with van der Waals surface area (Å²) >= 11 is 6.15. The highest BCUT2D eigenvalue weighted by Crippen LogP contribution is 2.38. The third-order valence-electron chi connectivity index (χ3n) is 8.51. The normalized spacial score (nSPS) is 14.0. The number of aromatic nitrogens is 3. The number of halogens is 1. The van der Waals surface area contributed by atoms with Crippen molar-refractivity contribution in [3.8, 4) is 33.8 Å². The molecule has 5 nitrogen and oxygen atoms in total. The molecule has 0 unspecified atom stereocenters. The second-order valence-corrected chi connectivity index (χ2v) is 11.7. The van der Waals surface area contributed by atoms with Crippen LogP contribution in [0.1, 0.15) is 54.1 Å². The molecule has 42 heavy (non-hydrogen) atoms. The number of benzene rings is 4. The number of aromatic carboxylic acids is 1. The molecule has 208 valence electrons. The van der Waals surface area contributed by atoms with E-state index < -0.39 is 5.97 Å². The monoisotopic (exact) mass is 571 g/mol. The lowest BCUT2D eigenvalue weighted by Crippen LogP contribution is -2.14. The largest absolute Gasteiger partial charge is 0.478 e. The smallest absolute Gasteiger partial charge is 0.335 e. The number of carboxylic acids is 1. The van der Waals surface area contributed by atoms with Crippen LogP contribution < -0.4 is 0 Å². The van der Waals surface area contributed by atoms with Gasteiger partial charge in [0, 0.05) is 27.6 Å². The Morgan fingerprint density at radius 3 is 2.31 bits per heavy atom. The van der Waals surface area contributed by atoms with Gasteiger partial charge in [-0.05, 0) is 91.1 Å². The van der Waals surface area contributed by atoms with Crippen molar-refractivity contribution < 1.29 is 9.90 Å². The van der Waals surface area contributed by atoms with Crippen molar-refractivity contribution in [3.05, 3.63) is 107 Å². The van der Waals surface area contributed by atoms with Gasteiger partial charge in [-0.1, -0.05) is 67.3 Å². The van der Waals surface area contributed by atoms with Crippen LogP contribution in [-0.2, 0) is 0 Å². The number of carbonyl (C=O) groups is 1. The minimum Gasteiger partial charge on any atom is -0.478 e. The maximum absolute atomic E-state index is 11.7. The molecule has 1 fully saturated rings. The zero-order chi connectivity index (χ0) is 28.8. The van der Waals surface area contributed by atoms with E-state index in [2.05, 4.69) is 47.9 Å². The molecule has 1 aliphatic rings. The lowest BCUT2D eigenvalue weighted by molar-refractivity contribution is 0.0697. The lowest BCUT2D eigenvalue weighted by atomic mass is 9.94. The molecular weight excluding hydrogens is 542 g/mol. The molecule has 7 rings (SSSR count). The Balaban J connectivity index is 1.35. The first kappa shape index (κ1) is 26.4. The SMILES string of the molecule is Cc1cc(-c2ccccc2-c2ccc(Cl)cc2)nc2ccc(-c3nc4cc(C(=O)O)ccc4n3C3CCCCC3)cc12. The van der Waals surface area contributed by atoms with Crippen molar-refractivity contribution in [1.29, 1.82) is 0 Å². The summed E-state index contributed by atoms with van der Waals surface area (Å²) in [5.41, 5.74) is 9.25. The number of nitrogens with zero attached hydrogens (tertiary/aromatic N) is 3. The van der Waals surface area contributed by atoms with Crippen molar-refractivity contribution in [2.24, 2.45) is 0 Å². The Morgan fingerprint density at radius 1 is 0.810 bits per heavy atom. The summed E-state index contributed by atoms with van der Waals surface area (Å²) in [5.74, 6) is -0.0515. The van der Waals surface area contributed by atoms with Crippen LogP contribution in [0, 0.1) is 6.92 Å². The average Bonchev–Trinajstić information content (AvgIpc) is 3.40. The first-order valence-electron chi connectivity index (χ1n) is 14.5. The van der Waals surface area contributed by atoms with Crippen LogP contribution in [0.25, 0.3) is 55.7 Å². The van der Waals surface area contributed by atoms with Crippen LogP contribution >= 0.6 is 11.6 Å². The molecule has 1 N–H and O–H groups in total. The second-order valence-electron chi connectivity index (χ2n) is 11.2. The van der Waals surface area contributed by atoms with Crippen LogP contribution in [0.3, 0.4) is 0 Å². The molecular formula is C36H30ClN3O2. The molecule has 0 saturated heterocycles. The molecule has 0 aliphatic heterocycles. The molecule has 0 amide bonds. The van der Waals surface area contributed by atoms with Crippen molar-refractivity contribution in [2.45, 2.75) is 45.1 Å². The molecule has 0 radical (unpaired) electrons. The molecule has 1 aliphatic carbocycles.